The van der Waals surface area contributed by atoms with Crippen LogP contribution in [-0.4, -0.2) is 21.8 Å². The molecule has 0 spiro atoms. The normalized spacial score (nSPS) is 14.8. The van der Waals surface area contributed by atoms with Gasteiger partial charge in [0.1, 0.15) is 11.5 Å². The molecule has 1 aliphatic carbocycles. The third kappa shape index (κ3) is 2.85. The van der Waals surface area contributed by atoms with Crippen LogP contribution in [0.15, 0.2) is 83.7 Å². The van der Waals surface area contributed by atoms with Crippen LogP contribution < -0.4 is 9.47 Å². The minimum absolute atomic E-state index is 0.237. The van der Waals surface area contributed by atoms with Crippen molar-refractivity contribution in [2.24, 2.45) is 0 Å². The van der Waals surface area contributed by atoms with E-state index in [4.69, 9.17) is 9.47 Å². The molecular formula is C18H12O6. The van der Waals surface area contributed by atoms with Gasteiger partial charge in [-0.3, -0.25) is 9.59 Å². The predicted molar refractivity (Wildman–Crippen MR) is 83.5 cm³/mol. The van der Waals surface area contributed by atoms with Crippen molar-refractivity contribution in [3.8, 4) is 11.5 Å². The second kappa shape index (κ2) is 6.29. The first-order valence-corrected chi connectivity index (χ1v) is 6.99. The Kier molecular flexibility index (Phi) is 4.03. The molecular weight excluding hydrogens is 312 g/mol. The summed E-state index contributed by atoms with van der Waals surface area (Å²) in [6.07, 6.45) is 0. The number of hydrogen-bond donors (Lipinski definition) is 2. The Morgan fingerprint density at radius 2 is 0.917 bits per heavy atom. The van der Waals surface area contributed by atoms with Gasteiger partial charge in [-0.15, -0.1) is 0 Å². The smallest absolute Gasteiger partial charge is 0.270 e. The lowest BCUT2D eigenvalue weighted by Crippen LogP contribution is -2.29. The molecule has 2 N–H and O–H groups in total. The standard InChI is InChI=1S/C18H12O6/c19-13-15(21)18(24-12-9-5-2-6-10-12)16(22)14(20)17(13)23-11-7-3-1-4-8-11/h1-10,19,22H. The molecule has 120 valence electrons. The van der Waals surface area contributed by atoms with Crippen LogP contribution >= 0.6 is 0 Å². The molecule has 0 fully saturated rings. The second-order valence-corrected chi connectivity index (χ2v) is 4.84. The van der Waals surface area contributed by atoms with Gasteiger partial charge in [-0.05, 0) is 24.3 Å². The van der Waals surface area contributed by atoms with E-state index < -0.39 is 34.6 Å². The Labute approximate surface area is 136 Å². The number of carbonyl (C=O) groups excluding carboxylic acids is 2. The van der Waals surface area contributed by atoms with Gasteiger partial charge in [0.15, 0.2) is 0 Å². The fraction of sp³-hybridized carbons (Fsp3) is 0. The van der Waals surface area contributed by atoms with E-state index in [2.05, 4.69) is 0 Å². The van der Waals surface area contributed by atoms with Crippen LogP contribution in [0.1, 0.15) is 0 Å². The summed E-state index contributed by atoms with van der Waals surface area (Å²) in [6, 6.07) is 16.2. The number of ether oxygens (including phenoxy) is 2. The lowest BCUT2D eigenvalue weighted by Gasteiger charge is -2.18. The molecule has 2 aromatic carbocycles. The van der Waals surface area contributed by atoms with Crippen LogP contribution in [0.4, 0.5) is 0 Å². The first kappa shape index (κ1) is 15.4. The van der Waals surface area contributed by atoms with E-state index in [-0.39, 0.29) is 11.5 Å². The molecule has 1 aliphatic rings. The fourth-order valence-electron chi connectivity index (χ4n) is 2.04. The summed E-state index contributed by atoms with van der Waals surface area (Å²) >= 11 is 0. The zero-order chi connectivity index (χ0) is 17.1. The van der Waals surface area contributed by atoms with E-state index in [9.17, 15) is 19.8 Å². The molecule has 0 unspecified atom stereocenters. The second-order valence-electron chi connectivity index (χ2n) is 4.84. The summed E-state index contributed by atoms with van der Waals surface area (Å²) < 4.78 is 10.5. The quantitative estimate of drug-likeness (QED) is 0.840. The minimum Gasteiger partial charge on any atom is -0.501 e. The Hall–Kier alpha value is -3.54. The summed E-state index contributed by atoms with van der Waals surface area (Å²) in [5.41, 5.74) is 0. The van der Waals surface area contributed by atoms with Gasteiger partial charge in [0.2, 0.25) is 23.0 Å². The summed E-state index contributed by atoms with van der Waals surface area (Å²) in [5, 5.41) is 20.0. The molecule has 24 heavy (non-hydrogen) atoms. The SMILES string of the molecule is O=C1C(O)=C(Oc2ccccc2)C(=O)C(O)=C1Oc1ccccc1. The van der Waals surface area contributed by atoms with Crippen molar-refractivity contribution < 1.29 is 29.3 Å². The molecule has 0 heterocycles. The number of para-hydroxylation sites is 2. The predicted octanol–water partition coefficient (Wildman–Crippen LogP) is 2.84. The maximum atomic E-state index is 12.2. The molecule has 0 aliphatic heterocycles. The van der Waals surface area contributed by atoms with Crippen molar-refractivity contribution in [2.45, 2.75) is 0 Å². The maximum absolute atomic E-state index is 12.2. The lowest BCUT2D eigenvalue weighted by atomic mass is 10.1. The van der Waals surface area contributed by atoms with E-state index >= 15 is 0 Å². The molecule has 0 radical (unpaired) electrons. The number of hydrogen-bond acceptors (Lipinski definition) is 6. The molecule has 0 saturated carbocycles. The van der Waals surface area contributed by atoms with Gasteiger partial charge in [-0.1, -0.05) is 36.4 Å². The lowest BCUT2D eigenvalue weighted by molar-refractivity contribution is -0.123. The zero-order valence-corrected chi connectivity index (χ0v) is 12.3. The molecule has 6 nitrogen and oxygen atoms in total. The Bertz CT molecular complexity index is 776. The fourth-order valence-corrected chi connectivity index (χ4v) is 2.04. The van der Waals surface area contributed by atoms with Crippen LogP contribution in [0.25, 0.3) is 0 Å². The average Bonchev–Trinajstić information content (AvgIpc) is 2.62. The Balaban J connectivity index is 1.91. The van der Waals surface area contributed by atoms with Crippen LogP contribution in [0.3, 0.4) is 0 Å². The van der Waals surface area contributed by atoms with Crippen LogP contribution in [0.5, 0.6) is 11.5 Å². The van der Waals surface area contributed by atoms with Gasteiger partial charge in [0.25, 0.3) is 11.6 Å². The van der Waals surface area contributed by atoms with E-state index in [1.165, 1.54) is 24.3 Å². The largest absolute Gasteiger partial charge is 0.501 e. The van der Waals surface area contributed by atoms with Crippen LogP contribution in [0, 0.1) is 0 Å². The first-order valence-electron chi connectivity index (χ1n) is 6.99. The van der Waals surface area contributed by atoms with E-state index in [0.29, 0.717) is 0 Å². The molecule has 3 rings (SSSR count). The number of benzene rings is 2. The molecule has 0 saturated heterocycles. The molecule has 6 heteroatoms. The minimum atomic E-state index is -1.04. The summed E-state index contributed by atoms with van der Waals surface area (Å²) in [6.45, 7) is 0. The topological polar surface area (TPSA) is 93.1 Å². The first-order chi connectivity index (χ1) is 11.6. The zero-order valence-electron chi connectivity index (χ0n) is 12.3. The van der Waals surface area contributed by atoms with Crippen LogP contribution in [0.2, 0.25) is 0 Å². The summed E-state index contributed by atoms with van der Waals surface area (Å²) in [5.74, 6) is -4.75. The van der Waals surface area contributed by atoms with Gasteiger partial charge in [-0.25, -0.2) is 0 Å². The van der Waals surface area contributed by atoms with Gasteiger partial charge in [-0.2, -0.15) is 0 Å². The highest BCUT2D eigenvalue weighted by molar-refractivity contribution is 6.21. The molecule has 0 amide bonds. The van der Waals surface area contributed by atoms with Crippen molar-refractivity contribution in [1.82, 2.24) is 0 Å². The molecule has 0 bridgehead atoms. The highest BCUT2D eigenvalue weighted by Crippen LogP contribution is 2.27. The van der Waals surface area contributed by atoms with E-state index in [1.54, 1.807) is 36.4 Å². The van der Waals surface area contributed by atoms with E-state index in [0.717, 1.165) is 0 Å². The molecule has 0 atom stereocenters. The Morgan fingerprint density at radius 3 is 1.25 bits per heavy atom. The van der Waals surface area contributed by atoms with Crippen molar-refractivity contribution in [3.05, 3.63) is 83.7 Å². The third-order valence-corrected chi connectivity index (χ3v) is 3.20. The number of aliphatic hydroxyl groups is 2. The number of aliphatic hydroxyl groups excluding tert-OH is 2. The molecule has 0 aromatic heterocycles. The van der Waals surface area contributed by atoms with Crippen molar-refractivity contribution in [2.75, 3.05) is 0 Å². The van der Waals surface area contributed by atoms with Gasteiger partial charge in [0.05, 0.1) is 0 Å². The highest BCUT2D eigenvalue weighted by Gasteiger charge is 2.38. The summed E-state index contributed by atoms with van der Waals surface area (Å²) in [7, 11) is 0. The van der Waals surface area contributed by atoms with Crippen molar-refractivity contribution in [1.29, 1.82) is 0 Å². The van der Waals surface area contributed by atoms with Crippen molar-refractivity contribution >= 4 is 11.6 Å². The maximum Gasteiger partial charge on any atom is 0.270 e. The monoisotopic (exact) mass is 324 g/mol. The average molecular weight is 324 g/mol. The van der Waals surface area contributed by atoms with Gasteiger partial charge in [0, 0.05) is 0 Å². The van der Waals surface area contributed by atoms with Crippen molar-refractivity contribution in [3.63, 3.8) is 0 Å². The number of rotatable bonds is 4. The summed E-state index contributed by atoms with van der Waals surface area (Å²) in [4.78, 5) is 24.4. The Morgan fingerprint density at radius 1 is 0.583 bits per heavy atom. The number of Topliss-reactive ketones (excluding diaryl/α,β-unsaturated/α-hetero) is 2. The van der Waals surface area contributed by atoms with Gasteiger partial charge >= 0.3 is 0 Å². The van der Waals surface area contributed by atoms with Crippen LogP contribution in [-0.2, 0) is 9.59 Å². The number of carbonyl (C=O) groups is 2. The third-order valence-electron chi connectivity index (χ3n) is 3.20. The van der Waals surface area contributed by atoms with Gasteiger partial charge < -0.3 is 19.7 Å². The number of ketones is 2. The highest BCUT2D eigenvalue weighted by atomic mass is 16.5. The molecule has 2 aromatic rings. The van der Waals surface area contributed by atoms with E-state index in [1.807, 2.05) is 0 Å².